The molecule has 116 valence electrons. The Bertz CT molecular complexity index is 924. The van der Waals surface area contributed by atoms with Crippen LogP contribution >= 0.6 is 0 Å². The third-order valence-corrected chi connectivity index (χ3v) is 3.96. The van der Waals surface area contributed by atoms with Crippen LogP contribution < -0.4 is 10.7 Å². The van der Waals surface area contributed by atoms with E-state index in [0.29, 0.717) is 11.1 Å². The highest BCUT2D eigenvalue weighted by Crippen LogP contribution is 2.13. The molecular weight excluding hydrogens is 288 g/mol. The van der Waals surface area contributed by atoms with Crippen molar-refractivity contribution in [3.63, 3.8) is 0 Å². The number of hydrogen-bond donors (Lipinski definition) is 1. The first kappa shape index (κ1) is 15.0. The first-order valence-corrected chi connectivity index (χ1v) is 7.59. The minimum atomic E-state index is -0.388. The Kier molecular flexibility index (Phi) is 3.98. The Hall–Kier alpha value is -2.88. The maximum Gasteiger partial charge on any atom is 0.261 e. The number of fused-ring (bicyclic) bond motifs is 1. The van der Waals surface area contributed by atoms with Crippen molar-refractivity contribution in [2.24, 2.45) is 7.05 Å². The molecule has 1 heterocycles. The lowest BCUT2D eigenvalue weighted by molar-refractivity contribution is 0.102. The van der Waals surface area contributed by atoms with E-state index in [1.165, 1.54) is 5.56 Å². The van der Waals surface area contributed by atoms with Crippen LogP contribution in [-0.2, 0) is 13.5 Å². The fraction of sp³-hybridized carbons (Fsp3) is 0.158. The van der Waals surface area contributed by atoms with Gasteiger partial charge in [-0.05, 0) is 36.2 Å². The molecule has 1 amide bonds. The number of aryl methyl sites for hydroxylation is 2. The first-order chi connectivity index (χ1) is 11.1. The molecule has 0 saturated heterocycles. The highest BCUT2D eigenvalue weighted by molar-refractivity contribution is 6.05. The maximum atomic E-state index is 12.5. The molecule has 0 unspecified atom stereocenters. The highest BCUT2D eigenvalue weighted by Gasteiger charge is 2.14. The van der Waals surface area contributed by atoms with Gasteiger partial charge < -0.3 is 9.88 Å². The molecule has 4 heteroatoms. The Morgan fingerprint density at radius 1 is 1.09 bits per heavy atom. The third kappa shape index (κ3) is 2.88. The van der Waals surface area contributed by atoms with Gasteiger partial charge in [-0.1, -0.05) is 31.2 Å². The number of nitrogens with zero attached hydrogens (tertiary/aromatic N) is 1. The van der Waals surface area contributed by atoms with Crippen LogP contribution in [0.15, 0.2) is 59.5 Å². The first-order valence-electron chi connectivity index (χ1n) is 7.59. The quantitative estimate of drug-likeness (QED) is 0.806. The van der Waals surface area contributed by atoms with E-state index in [1.54, 1.807) is 22.9 Å². The zero-order valence-corrected chi connectivity index (χ0v) is 13.2. The van der Waals surface area contributed by atoms with Gasteiger partial charge in [-0.25, -0.2) is 0 Å². The summed E-state index contributed by atoms with van der Waals surface area (Å²) in [5.74, 6) is -0.388. The van der Waals surface area contributed by atoms with Crippen molar-refractivity contribution in [3.8, 4) is 0 Å². The van der Waals surface area contributed by atoms with E-state index in [1.807, 2.05) is 43.4 Å². The van der Waals surface area contributed by atoms with Crippen LogP contribution in [0.2, 0.25) is 0 Å². The molecule has 0 aliphatic carbocycles. The van der Waals surface area contributed by atoms with Crippen LogP contribution in [0.4, 0.5) is 5.69 Å². The number of carbonyl (C=O) groups excluding carboxylic acids is 1. The monoisotopic (exact) mass is 306 g/mol. The smallest absolute Gasteiger partial charge is 0.261 e. The molecule has 0 aliphatic heterocycles. The van der Waals surface area contributed by atoms with Crippen molar-refractivity contribution in [2.45, 2.75) is 13.3 Å². The van der Waals surface area contributed by atoms with Gasteiger partial charge in [-0.2, -0.15) is 0 Å². The summed E-state index contributed by atoms with van der Waals surface area (Å²) >= 11 is 0. The number of anilines is 1. The Morgan fingerprint density at radius 2 is 1.78 bits per heavy atom. The Morgan fingerprint density at radius 3 is 2.48 bits per heavy atom. The highest BCUT2D eigenvalue weighted by atomic mass is 16.2. The van der Waals surface area contributed by atoms with Crippen molar-refractivity contribution in [3.05, 3.63) is 76.1 Å². The van der Waals surface area contributed by atoms with Crippen LogP contribution in [0.5, 0.6) is 0 Å². The van der Waals surface area contributed by atoms with Crippen molar-refractivity contribution in [1.29, 1.82) is 0 Å². The van der Waals surface area contributed by atoms with Gasteiger partial charge in [0.1, 0.15) is 5.56 Å². The van der Waals surface area contributed by atoms with E-state index < -0.39 is 0 Å². The molecule has 0 saturated carbocycles. The number of pyridine rings is 1. The average Bonchev–Trinajstić information content (AvgIpc) is 2.58. The molecule has 23 heavy (non-hydrogen) atoms. The zero-order chi connectivity index (χ0) is 16.4. The summed E-state index contributed by atoms with van der Waals surface area (Å²) in [4.78, 5) is 25.0. The molecule has 2 aromatic carbocycles. The molecule has 0 atom stereocenters. The minimum Gasteiger partial charge on any atom is -0.350 e. The summed E-state index contributed by atoms with van der Waals surface area (Å²) in [5.41, 5.74) is 2.58. The van der Waals surface area contributed by atoms with E-state index in [0.717, 1.165) is 11.9 Å². The Balaban J connectivity index is 1.97. The lowest BCUT2D eigenvalue weighted by Gasteiger charge is -2.10. The molecule has 0 radical (unpaired) electrons. The zero-order valence-electron chi connectivity index (χ0n) is 13.2. The fourth-order valence-corrected chi connectivity index (χ4v) is 2.62. The van der Waals surface area contributed by atoms with Gasteiger partial charge in [-0.15, -0.1) is 0 Å². The number of nitrogens with one attached hydrogen (secondary N) is 1. The van der Waals surface area contributed by atoms with E-state index >= 15 is 0 Å². The summed E-state index contributed by atoms with van der Waals surface area (Å²) in [6.07, 6.45) is 2.53. The summed E-state index contributed by atoms with van der Waals surface area (Å²) in [6.45, 7) is 2.08. The summed E-state index contributed by atoms with van der Waals surface area (Å²) in [7, 11) is 1.83. The second kappa shape index (κ2) is 6.08. The lowest BCUT2D eigenvalue weighted by atomic mass is 10.1. The van der Waals surface area contributed by atoms with Crippen LogP contribution in [0.3, 0.4) is 0 Å². The van der Waals surface area contributed by atoms with E-state index in [9.17, 15) is 9.59 Å². The normalized spacial score (nSPS) is 10.7. The second-order valence-electron chi connectivity index (χ2n) is 5.50. The molecule has 1 N–H and O–H groups in total. The van der Waals surface area contributed by atoms with E-state index in [-0.39, 0.29) is 16.9 Å². The van der Waals surface area contributed by atoms with Gasteiger partial charge in [0.2, 0.25) is 5.43 Å². The molecule has 0 aliphatic rings. The van der Waals surface area contributed by atoms with Crippen molar-refractivity contribution >= 4 is 22.5 Å². The topological polar surface area (TPSA) is 51.1 Å². The number of hydrogen-bond acceptors (Lipinski definition) is 2. The van der Waals surface area contributed by atoms with Crippen LogP contribution in [0.1, 0.15) is 22.8 Å². The van der Waals surface area contributed by atoms with E-state index in [4.69, 9.17) is 0 Å². The lowest BCUT2D eigenvalue weighted by Crippen LogP contribution is -2.23. The number of amides is 1. The van der Waals surface area contributed by atoms with Crippen LogP contribution in [0.25, 0.3) is 10.9 Å². The van der Waals surface area contributed by atoms with Gasteiger partial charge in [0.05, 0.1) is 5.52 Å². The maximum absolute atomic E-state index is 12.5. The molecule has 4 nitrogen and oxygen atoms in total. The summed E-state index contributed by atoms with van der Waals surface area (Å²) in [6, 6.07) is 14.9. The fourth-order valence-electron chi connectivity index (χ4n) is 2.62. The second-order valence-corrected chi connectivity index (χ2v) is 5.50. The third-order valence-electron chi connectivity index (χ3n) is 3.96. The van der Waals surface area contributed by atoms with Gasteiger partial charge in [-0.3, -0.25) is 9.59 Å². The average molecular weight is 306 g/mol. The van der Waals surface area contributed by atoms with Crippen LogP contribution in [0, 0.1) is 0 Å². The molecule has 0 fully saturated rings. The number of aromatic nitrogens is 1. The van der Waals surface area contributed by atoms with Crippen molar-refractivity contribution in [2.75, 3.05) is 5.32 Å². The minimum absolute atomic E-state index is 0.144. The SMILES string of the molecule is CCc1ccc(NC(=O)c2cn(C)c3ccccc3c2=O)cc1. The van der Waals surface area contributed by atoms with Gasteiger partial charge in [0, 0.05) is 24.3 Å². The predicted octanol–water partition coefficient (Wildman–Crippen LogP) is 3.35. The summed E-state index contributed by atoms with van der Waals surface area (Å²) in [5, 5.41) is 3.34. The Labute approximate surface area is 134 Å². The van der Waals surface area contributed by atoms with Crippen LogP contribution in [-0.4, -0.2) is 10.5 Å². The van der Waals surface area contributed by atoms with E-state index in [2.05, 4.69) is 12.2 Å². The summed E-state index contributed by atoms with van der Waals surface area (Å²) < 4.78 is 1.80. The molecule has 3 rings (SSSR count). The standard InChI is InChI=1S/C19H18N2O2/c1-3-13-8-10-14(11-9-13)20-19(23)16-12-21(2)17-7-5-4-6-15(17)18(16)22/h4-12H,3H2,1-2H3,(H,20,23). The van der Waals surface area contributed by atoms with Gasteiger partial charge >= 0.3 is 0 Å². The molecule has 3 aromatic rings. The largest absolute Gasteiger partial charge is 0.350 e. The molecule has 1 aromatic heterocycles. The molecule has 0 bridgehead atoms. The number of benzene rings is 2. The predicted molar refractivity (Wildman–Crippen MR) is 93.0 cm³/mol. The number of carbonyl (C=O) groups is 1. The van der Waals surface area contributed by atoms with Crippen molar-refractivity contribution in [1.82, 2.24) is 4.57 Å². The molecular formula is C19H18N2O2. The van der Waals surface area contributed by atoms with Gasteiger partial charge in [0.15, 0.2) is 0 Å². The molecule has 0 spiro atoms. The van der Waals surface area contributed by atoms with Crippen molar-refractivity contribution < 1.29 is 4.79 Å². The van der Waals surface area contributed by atoms with Gasteiger partial charge in [0.25, 0.3) is 5.91 Å². The number of rotatable bonds is 3. The number of para-hydroxylation sites is 1.